The molecule has 0 saturated heterocycles. The van der Waals surface area contributed by atoms with Crippen LogP contribution in [0.1, 0.15) is 26.3 Å². The fourth-order valence-electron chi connectivity index (χ4n) is 2.58. The van der Waals surface area contributed by atoms with E-state index in [9.17, 15) is 9.59 Å². The SMILES string of the molecule is COc1cc(/C=N/NC(=O)c2cc(Br)cc(Br)c2N)ccc1OC(=O)c1ccccc1. The highest BCUT2D eigenvalue weighted by Crippen LogP contribution is 2.29. The summed E-state index contributed by atoms with van der Waals surface area (Å²) in [5.41, 5.74) is 10.0. The van der Waals surface area contributed by atoms with Gasteiger partial charge in [0.15, 0.2) is 11.5 Å². The van der Waals surface area contributed by atoms with Crippen LogP contribution < -0.4 is 20.6 Å². The number of nitrogen functional groups attached to an aromatic ring is 1. The quantitative estimate of drug-likeness (QED) is 0.152. The fourth-order valence-corrected chi connectivity index (χ4v) is 3.81. The van der Waals surface area contributed by atoms with Crippen LogP contribution in [0.25, 0.3) is 0 Å². The van der Waals surface area contributed by atoms with Gasteiger partial charge in [-0.05, 0) is 64.0 Å². The van der Waals surface area contributed by atoms with Crippen LogP contribution in [-0.2, 0) is 0 Å². The van der Waals surface area contributed by atoms with Gasteiger partial charge in [0.1, 0.15) is 0 Å². The van der Waals surface area contributed by atoms with E-state index < -0.39 is 11.9 Å². The van der Waals surface area contributed by atoms with Gasteiger partial charge in [0, 0.05) is 8.95 Å². The first-order valence-electron chi connectivity index (χ1n) is 8.92. The maximum Gasteiger partial charge on any atom is 0.343 e. The Morgan fingerprint density at radius 1 is 1.03 bits per heavy atom. The number of hydrogen-bond acceptors (Lipinski definition) is 6. The first kappa shape index (κ1) is 22.5. The second kappa shape index (κ2) is 10.2. The van der Waals surface area contributed by atoms with Crippen molar-refractivity contribution in [1.82, 2.24) is 5.43 Å². The smallest absolute Gasteiger partial charge is 0.343 e. The lowest BCUT2D eigenvalue weighted by atomic mass is 10.2. The van der Waals surface area contributed by atoms with E-state index in [1.54, 1.807) is 54.6 Å². The van der Waals surface area contributed by atoms with Gasteiger partial charge in [-0.15, -0.1) is 0 Å². The number of amides is 1. The number of nitrogens with two attached hydrogens (primary N) is 1. The molecule has 0 aliphatic carbocycles. The number of carbonyl (C=O) groups excluding carboxylic acids is 2. The molecule has 31 heavy (non-hydrogen) atoms. The van der Waals surface area contributed by atoms with Gasteiger partial charge in [0.2, 0.25) is 0 Å². The molecule has 0 unspecified atom stereocenters. The highest BCUT2D eigenvalue weighted by molar-refractivity contribution is 9.11. The average Bonchev–Trinajstić information content (AvgIpc) is 2.77. The molecule has 3 rings (SSSR count). The molecule has 0 heterocycles. The molecule has 3 N–H and O–H groups in total. The first-order valence-corrected chi connectivity index (χ1v) is 10.5. The van der Waals surface area contributed by atoms with Crippen molar-refractivity contribution >= 4 is 55.6 Å². The molecule has 7 nitrogen and oxygen atoms in total. The van der Waals surface area contributed by atoms with E-state index in [1.165, 1.54) is 13.3 Å². The Hall–Kier alpha value is -3.17. The number of ether oxygens (including phenoxy) is 2. The summed E-state index contributed by atoms with van der Waals surface area (Å²) in [4.78, 5) is 24.6. The van der Waals surface area contributed by atoms with Crippen LogP contribution in [0.15, 0.2) is 74.7 Å². The van der Waals surface area contributed by atoms with Crippen molar-refractivity contribution in [2.45, 2.75) is 0 Å². The van der Waals surface area contributed by atoms with E-state index in [0.717, 1.165) is 0 Å². The van der Waals surface area contributed by atoms with Crippen LogP contribution in [0.4, 0.5) is 5.69 Å². The van der Waals surface area contributed by atoms with Crippen molar-refractivity contribution in [2.75, 3.05) is 12.8 Å². The highest BCUT2D eigenvalue weighted by Gasteiger charge is 2.14. The van der Waals surface area contributed by atoms with Gasteiger partial charge in [0.05, 0.1) is 30.1 Å². The maximum absolute atomic E-state index is 12.4. The van der Waals surface area contributed by atoms with Crippen LogP contribution in [0.3, 0.4) is 0 Å². The second-order valence-electron chi connectivity index (χ2n) is 6.21. The van der Waals surface area contributed by atoms with Crippen LogP contribution in [0, 0.1) is 0 Å². The summed E-state index contributed by atoms with van der Waals surface area (Å²) in [7, 11) is 1.46. The molecule has 0 aliphatic heterocycles. The second-order valence-corrected chi connectivity index (χ2v) is 7.98. The summed E-state index contributed by atoms with van der Waals surface area (Å²) in [5.74, 6) is -0.342. The van der Waals surface area contributed by atoms with Gasteiger partial charge in [0.25, 0.3) is 5.91 Å². The molecule has 0 fully saturated rings. The van der Waals surface area contributed by atoms with Crippen molar-refractivity contribution in [1.29, 1.82) is 0 Å². The third-order valence-corrected chi connectivity index (χ3v) is 5.23. The van der Waals surface area contributed by atoms with Crippen molar-refractivity contribution < 1.29 is 19.1 Å². The molecule has 0 aliphatic rings. The van der Waals surface area contributed by atoms with Crippen molar-refractivity contribution in [3.8, 4) is 11.5 Å². The Bertz CT molecular complexity index is 1150. The molecule has 9 heteroatoms. The fraction of sp³-hybridized carbons (Fsp3) is 0.0455. The van der Waals surface area contributed by atoms with Crippen LogP contribution >= 0.6 is 31.9 Å². The number of nitrogens with one attached hydrogen (secondary N) is 1. The number of hydrazone groups is 1. The number of hydrogen-bond donors (Lipinski definition) is 2. The Kier molecular flexibility index (Phi) is 7.43. The maximum atomic E-state index is 12.4. The summed E-state index contributed by atoms with van der Waals surface area (Å²) >= 11 is 6.62. The van der Waals surface area contributed by atoms with Gasteiger partial charge in [-0.3, -0.25) is 4.79 Å². The Balaban J connectivity index is 1.70. The number of benzene rings is 3. The number of anilines is 1. The van der Waals surface area contributed by atoms with Crippen LogP contribution in [-0.4, -0.2) is 25.2 Å². The topological polar surface area (TPSA) is 103 Å². The minimum Gasteiger partial charge on any atom is -0.493 e. The number of esters is 1. The van der Waals surface area contributed by atoms with Gasteiger partial charge < -0.3 is 15.2 Å². The van der Waals surface area contributed by atoms with Gasteiger partial charge in [-0.25, -0.2) is 10.2 Å². The number of halogens is 2. The zero-order chi connectivity index (χ0) is 22.4. The molecule has 0 atom stereocenters. The lowest BCUT2D eigenvalue weighted by molar-refractivity contribution is 0.0729. The third-order valence-electron chi connectivity index (χ3n) is 4.12. The number of rotatable bonds is 6. The van der Waals surface area contributed by atoms with E-state index in [-0.39, 0.29) is 11.3 Å². The normalized spacial score (nSPS) is 10.7. The molecule has 3 aromatic carbocycles. The lowest BCUT2D eigenvalue weighted by Crippen LogP contribution is -2.19. The lowest BCUT2D eigenvalue weighted by Gasteiger charge is -2.10. The van der Waals surface area contributed by atoms with Gasteiger partial charge in [-0.1, -0.05) is 34.1 Å². The van der Waals surface area contributed by atoms with E-state index in [2.05, 4.69) is 42.4 Å². The van der Waals surface area contributed by atoms with Crippen LogP contribution in [0.2, 0.25) is 0 Å². The Morgan fingerprint density at radius 3 is 2.48 bits per heavy atom. The molecule has 0 saturated carbocycles. The van der Waals surface area contributed by atoms with E-state index in [0.29, 0.717) is 31.5 Å². The molecular weight excluding hydrogens is 530 g/mol. The van der Waals surface area contributed by atoms with Crippen molar-refractivity contribution in [3.63, 3.8) is 0 Å². The first-order chi connectivity index (χ1) is 14.9. The third kappa shape index (κ3) is 5.71. The summed E-state index contributed by atoms with van der Waals surface area (Å²) in [6, 6.07) is 16.9. The van der Waals surface area contributed by atoms with Crippen LogP contribution in [0.5, 0.6) is 11.5 Å². The molecular formula is C22H17Br2N3O4. The van der Waals surface area contributed by atoms with Gasteiger partial charge >= 0.3 is 5.97 Å². The van der Waals surface area contributed by atoms with E-state index >= 15 is 0 Å². The van der Waals surface area contributed by atoms with Crippen molar-refractivity contribution in [3.05, 3.63) is 86.3 Å². The Morgan fingerprint density at radius 2 is 1.77 bits per heavy atom. The van der Waals surface area contributed by atoms with E-state index in [1.807, 2.05) is 6.07 Å². The summed E-state index contributed by atoms with van der Waals surface area (Å²) in [6.45, 7) is 0. The molecule has 3 aromatic rings. The minimum atomic E-state index is -0.495. The van der Waals surface area contributed by atoms with Crippen molar-refractivity contribution in [2.24, 2.45) is 5.10 Å². The molecule has 0 aromatic heterocycles. The highest BCUT2D eigenvalue weighted by atomic mass is 79.9. The molecule has 0 spiro atoms. The number of carbonyl (C=O) groups is 2. The molecule has 0 radical (unpaired) electrons. The minimum absolute atomic E-state index is 0.268. The predicted octanol–water partition coefficient (Wildman–Crippen LogP) is 4.79. The summed E-state index contributed by atoms with van der Waals surface area (Å²) in [6.07, 6.45) is 1.44. The average molecular weight is 547 g/mol. The molecule has 1 amide bonds. The zero-order valence-corrected chi connectivity index (χ0v) is 19.4. The molecule has 158 valence electrons. The Labute approximate surface area is 195 Å². The largest absolute Gasteiger partial charge is 0.493 e. The monoisotopic (exact) mass is 545 g/mol. The number of nitrogens with zero attached hydrogens (tertiary/aromatic N) is 1. The number of methoxy groups -OCH3 is 1. The zero-order valence-electron chi connectivity index (χ0n) is 16.3. The summed E-state index contributed by atoms with van der Waals surface area (Å²) < 4.78 is 12.0. The standard InChI is InChI=1S/C22H17Br2N3O4/c1-30-19-9-13(7-8-18(19)31-22(29)14-5-3-2-4-6-14)12-26-27-21(28)16-10-15(23)11-17(24)20(16)25/h2-12H,25H2,1H3,(H,27,28)/b26-12+. The molecule has 0 bridgehead atoms. The predicted molar refractivity (Wildman–Crippen MR) is 126 cm³/mol. The summed E-state index contributed by atoms with van der Waals surface area (Å²) in [5, 5.41) is 3.96. The van der Waals surface area contributed by atoms with E-state index in [4.69, 9.17) is 15.2 Å². The van der Waals surface area contributed by atoms with Gasteiger partial charge in [-0.2, -0.15) is 5.10 Å².